The van der Waals surface area contributed by atoms with Gasteiger partial charge in [0.2, 0.25) is 0 Å². The lowest BCUT2D eigenvalue weighted by Crippen LogP contribution is -2.22. The first kappa shape index (κ1) is 17.9. The van der Waals surface area contributed by atoms with Crippen molar-refractivity contribution in [2.45, 2.75) is 0 Å². The molecule has 5 nitrogen and oxygen atoms in total. The van der Waals surface area contributed by atoms with Gasteiger partial charge in [-0.05, 0) is 58.4 Å². The number of rotatable bonds is 5. The quantitative estimate of drug-likeness (QED) is 0.845. The van der Waals surface area contributed by atoms with Crippen molar-refractivity contribution in [1.29, 1.82) is 0 Å². The molecule has 24 heavy (non-hydrogen) atoms. The van der Waals surface area contributed by atoms with Gasteiger partial charge in [0.1, 0.15) is 11.6 Å². The summed E-state index contributed by atoms with van der Waals surface area (Å²) >= 11 is 3.16. The number of hydrogen-bond acceptors (Lipinski definition) is 3. The maximum absolute atomic E-state index is 13.0. The van der Waals surface area contributed by atoms with Crippen LogP contribution in [0.1, 0.15) is 10.4 Å². The smallest absolute Gasteiger partial charge is 0.262 e. The van der Waals surface area contributed by atoms with Crippen molar-refractivity contribution in [3.63, 3.8) is 0 Å². The molecule has 2 aromatic carbocycles. The summed E-state index contributed by atoms with van der Waals surface area (Å²) in [5.41, 5.74) is 1.08. The van der Waals surface area contributed by atoms with E-state index in [0.717, 1.165) is 0 Å². The summed E-state index contributed by atoms with van der Waals surface area (Å²) in [4.78, 5) is 25.1. The molecule has 0 unspecified atom stereocenters. The first-order chi connectivity index (χ1) is 11.4. The van der Waals surface area contributed by atoms with Gasteiger partial charge in [0.25, 0.3) is 11.8 Å². The minimum absolute atomic E-state index is 0.114. The second-order valence-corrected chi connectivity index (χ2v) is 6.04. The van der Waals surface area contributed by atoms with Crippen molar-refractivity contribution < 1.29 is 18.7 Å². The SMILES string of the molecule is CN(C)C(=O)c1ccc(NC(=O)COc2ccc(F)cc2Br)cc1. The summed E-state index contributed by atoms with van der Waals surface area (Å²) in [5.74, 6) is -0.500. The number of benzene rings is 2. The van der Waals surface area contributed by atoms with Crippen molar-refractivity contribution in [3.05, 3.63) is 58.3 Å². The van der Waals surface area contributed by atoms with Gasteiger partial charge in [-0.3, -0.25) is 9.59 Å². The lowest BCUT2D eigenvalue weighted by molar-refractivity contribution is -0.118. The van der Waals surface area contributed by atoms with Gasteiger partial charge in [-0.15, -0.1) is 0 Å². The molecule has 0 atom stereocenters. The Morgan fingerprint density at radius 1 is 1.17 bits per heavy atom. The summed E-state index contributed by atoms with van der Waals surface area (Å²) in [6.45, 7) is -0.220. The monoisotopic (exact) mass is 394 g/mol. The number of amides is 2. The average molecular weight is 395 g/mol. The molecular weight excluding hydrogens is 379 g/mol. The molecule has 0 saturated carbocycles. The van der Waals surface area contributed by atoms with Crippen LogP contribution in [0, 0.1) is 5.82 Å². The summed E-state index contributed by atoms with van der Waals surface area (Å²) in [7, 11) is 3.34. The van der Waals surface area contributed by atoms with Gasteiger partial charge in [0.05, 0.1) is 4.47 Å². The van der Waals surface area contributed by atoms with Gasteiger partial charge in [-0.25, -0.2) is 4.39 Å². The van der Waals surface area contributed by atoms with Gasteiger partial charge < -0.3 is 15.0 Å². The van der Waals surface area contributed by atoms with E-state index < -0.39 is 5.82 Å². The Morgan fingerprint density at radius 2 is 1.83 bits per heavy atom. The zero-order valence-electron chi connectivity index (χ0n) is 13.2. The van der Waals surface area contributed by atoms with Crippen LogP contribution in [-0.4, -0.2) is 37.4 Å². The third kappa shape index (κ3) is 4.79. The Labute approximate surface area is 147 Å². The zero-order chi connectivity index (χ0) is 17.7. The van der Waals surface area contributed by atoms with Crippen molar-refractivity contribution in [2.24, 2.45) is 0 Å². The highest BCUT2D eigenvalue weighted by atomic mass is 79.9. The highest BCUT2D eigenvalue weighted by Gasteiger charge is 2.09. The molecule has 0 spiro atoms. The molecule has 0 aliphatic heterocycles. The Hall–Kier alpha value is -2.41. The van der Waals surface area contributed by atoms with Gasteiger partial charge in [-0.1, -0.05) is 0 Å². The van der Waals surface area contributed by atoms with Crippen LogP contribution in [0.2, 0.25) is 0 Å². The predicted octanol–water partition coefficient (Wildman–Crippen LogP) is 3.31. The molecule has 0 heterocycles. The van der Waals surface area contributed by atoms with E-state index in [0.29, 0.717) is 21.5 Å². The van der Waals surface area contributed by atoms with E-state index in [-0.39, 0.29) is 18.4 Å². The topological polar surface area (TPSA) is 58.6 Å². The van der Waals surface area contributed by atoms with E-state index in [1.807, 2.05) is 0 Å². The van der Waals surface area contributed by atoms with Crippen molar-refractivity contribution in [2.75, 3.05) is 26.0 Å². The molecule has 0 saturated heterocycles. The molecule has 2 amide bonds. The normalized spacial score (nSPS) is 10.2. The zero-order valence-corrected chi connectivity index (χ0v) is 14.8. The number of carbonyl (C=O) groups is 2. The third-order valence-corrected chi connectivity index (χ3v) is 3.69. The van der Waals surface area contributed by atoms with Gasteiger partial charge in [0.15, 0.2) is 6.61 Å². The second-order valence-electron chi connectivity index (χ2n) is 5.19. The van der Waals surface area contributed by atoms with Crippen molar-refractivity contribution >= 4 is 33.4 Å². The van der Waals surface area contributed by atoms with Crippen LogP contribution in [0.3, 0.4) is 0 Å². The first-order valence-corrected chi connectivity index (χ1v) is 7.85. The molecule has 0 radical (unpaired) electrons. The number of hydrogen-bond donors (Lipinski definition) is 1. The maximum atomic E-state index is 13.0. The summed E-state index contributed by atoms with van der Waals surface area (Å²) in [6, 6.07) is 10.5. The van der Waals surface area contributed by atoms with E-state index in [9.17, 15) is 14.0 Å². The van der Waals surface area contributed by atoms with E-state index >= 15 is 0 Å². The van der Waals surface area contributed by atoms with Crippen LogP contribution < -0.4 is 10.1 Å². The molecule has 0 aliphatic rings. The first-order valence-electron chi connectivity index (χ1n) is 7.06. The molecule has 0 bridgehead atoms. The van der Waals surface area contributed by atoms with Gasteiger partial charge >= 0.3 is 0 Å². The Kier molecular flexibility index (Phi) is 5.92. The Bertz CT molecular complexity index is 748. The molecule has 2 aromatic rings. The molecule has 0 fully saturated rings. The molecule has 7 heteroatoms. The van der Waals surface area contributed by atoms with Crippen LogP contribution in [0.15, 0.2) is 46.9 Å². The maximum Gasteiger partial charge on any atom is 0.262 e. The van der Waals surface area contributed by atoms with Crippen LogP contribution >= 0.6 is 15.9 Å². The Morgan fingerprint density at radius 3 is 2.42 bits per heavy atom. The lowest BCUT2D eigenvalue weighted by Gasteiger charge is -2.11. The van der Waals surface area contributed by atoms with E-state index in [4.69, 9.17) is 4.74 Å². The van der Waals surface area contributed by atoms with E-state index in [1.165, 1.54) is 23.1 Å². The summed E-state index contributed by atoms with van der Waals surface area (Å²) < 4.78 is 18.7. The van der Waals surface area contributed by atoms with Crippen molar-refractivity contribution in [3.8, 4) is 5.75 Å². The average Bonchev–Trinajstić information content (AvgIpc) is 2.54. The molecule has 126 valence electrons. The molecule has 0 aliphatic carbocycles. The van der Waals surface area contributed by atoms with Gasteiger partial charge in [-0.2, -0.15) is 0 Å². The van der Waals surface area contributed by atoms with E-state index in [1.54, 1.807) is 38.4 Å². The minimum Gasteiger partial charge on any atom is -0.483 e. The van der Waals surface area contributed by atoms with Crippen molar-refractivity contribution in [1.82, 2.24) is 4.90 Å². The van der Waals surface area contributed by atoms with Crippen LogP contribution in [-0.2, 0) is 4.79 Å². The third-order valence-electron chi connectivity index (χ3n) is 3.07. The summed E-state index contributed by atoms with van der Waals surface area (Å²) in [6.07, 6.45) is 0. The standard InChI is InChI=1S/C17H16BrFN2O3/c1-21(2)17(23)11-3-6-13(7-4-11)20-16(22)10-24-15-8-5-12(19)9-14(15)18/h3-9H,10H2,1-2H3,(H,20,22). The summed E-state index contributed by atoms with van der Waals surface area (Å²) in [5, 5.41) is 2.66. The molecule has 1 N–H and O–H groups in total. The predicted molar refractivity (Wildman–Crippen MR) is 92.7 cm³/mol. The number of carbonyl (C=O) groups excluding carboxylic acids is 2. The Balaban J connectivity index is 1.91. The lowest BCUT2D eigenvalue weighted by atomic mass is 10.2. The minimum atomic E-state index is -0.397. The van der Waals surface area contributed by atoms with Crippen LogP contribution in [0.25, 0.3) is 0 Å². The second kappa shape index (κ2) is 7.92. The fourth-order valence-corrected chi connectivity index (χ4v) is 2.35. The van der Waals surface area contributed by atoms with Gasteiger partial charge in [0, 0.05) is 25.3 Å². The highest BCUT2D eigenvalue weighted by Crippen LogP contribution is 2.25. The number of anilines is 1. The van der Waals surface area contributed by atoms with E-state index in [2.05, 4.69) is 21.2 Å². The number of halogens is 2. The number of ether oxygens (including phenoxy) is 1. The largest absolute Gasteiger partial charge is 0.483 e. The number of nitrogens with zero attached hydrogens (tertiary/aromatic N) is 1. The molecule has 2 rings (SSSR count). The molecule has 0 aromatic heterocycles. The molecular formula is C17H16BrFN2O3. The fourth-order valence-electron chi connectivity index (χ4n) is 1.89. The number of nitrogens with one attached hydrogen (secondary N) is 1. The van der Waals surface area contributed by atoms with Crippen LogP contribution in [0.5, 0.6) is 5.75 Å². The highest BCUT2D eigenvalue weighted by molar-refractivity contribution is 9.10. The van der Waals surface area contributed by atoms with Crippen LogP contribution in [0.4, 0.5) is 10.1 Å². The fraction of sp³-hybridized carbons (Fsp3) is 0.176.